The largest absolute Gasteiger partial charge is 0.407 e. The summed E-state index contributed by atoms with van der Waals surface area (Å²) < 4.78 is 41.0. The van der Waals surface area contributed by atoms with E-state index in [1.807, 2.05) is 56.0 Å². The van der Waals surface area contributed by atoms with Gasteiger partial charge >= 0.3 is 6.18 Å². The maximum absolute atomic E-state index is 13.1. The zero-order chi connectivity index (χ0) is 23.1. The predicted molar refractivity (Wildman–Crippen MR) is 119 cm³/mol. The van der Waals surface area contributed by atoms with Crippen molar-refractivity contribution in [1.29, 1.82) is 0 Å². The van der Waals surface area contributed by atoms with Crippen molar-refractivity contribution in [2.75, 3.05) is 11.9 Å². The molecule has 0 spiro atoms. The summed E-state index contributed by atoms with van der Waals surface area (Å²) in [6.45, 7) is 6.64. The molecule has 3 aromatic rings. The van der Waals surface area contributed by atoms with Crippen LogP contribution in [0.25, 0.3) is 17.1 Å². The van der Waals surface area contributed by atoms with Gasteiger partial charge in [0.05, 0.1) is 11.4 Å². The summed E-state index contributed by atoms with van der Waals surface area (Å²) >= 11 is 1.34. The van der Waals surface area contributed by atoms with Crippen LogP contribution in [-0.4, -0.2) is 49.1 Å². The van der Waals surface area contributed by atoms with E-state index in [9.17, 15) is 13.2 Å². The molecule has 0 amide bonds. The maximum Gasteiger partial charge on any atom is 0.407 e. The lowest BCUT2D eigenvalue weighted by Gasteiger charge is -2.25. The van der Waals surface area contributed by atoms with E-state index in [-0.39, 0.29) is 5.41 Å². The fourth-order valence-corrected chi connectivity index (χ4v) is 4.08. The first-order valence-corrected chi connectivity index (χ1v) is 11.0. The van der Waals surface area contributed by atoms with Crippen LogP contribution >= 0.6 is 11.3 Å². The molecule has 0 bridgehead atoms. The van der Waals surface area contributed by atoms with Gasteiger partial charge in [0, 0.05) is 40.9 Å². The minimum absolute atomic E-state index is 0.310. The second-order valence-electron chi connectivity index (χ2n) is 8.74. The van der Waals surface area contributed by atoms with E-state index in [1.54, 1.807) is 12.5 Å². The number of hydrogen-bond acceptors (Lipinski definition) is 7. The Bertz CT molecular complexity index is 1110. The van der Waals surface area contributed by atoms with Gasteiger partial charge in [-0.1, -0.05) is 20.8 Å². The van der Waals surface area contributed by atoms with Gasteiger partial charge in [0.25, 0.3) is 0 Å². The van der Waals surface area contributed by atoms with E-state index in [0.29, 0.717) is 17.2 Å². The molecule has 32 heavy (non-hydrogen) atoms. The average Bonchev–Trinajstić information content (AvgIpc) is 3.42. The maximum atomic E-state index is 13.1. The van der Waals surface area contributed by atoms with Crippen LogP contribution in [-0.2, 0) is 0 Å². The highest BCUT2D eigenvalue weighted by molar-refractivity contribution is 7.14. The van der Waals surface area contributed by atoms with Crippen molar-refractivity contribution in [3.63, 3.8) is 0 Å². The van der Waals surface area contributed by atoms with Crippen LogP contribution in [0, 0.1) is 12.3 Å². The summed E-state index contributed by atoms with van der Waals surface area (Å²) in [6.07, 6.45) is 0.756. The number of hydrazone groups is 1. The number of aryl methyl sites for hydroxylation is 1. The summed E-state index contributed by atoms with van der Waals surface area (Å²) in [5, 5.41) is 10.9. The van der Waals surface area contributed by atoms with Gasteiger partial charge in [-0.3, -0.25) is 9.58 Å². The third kappa shape index (κ3) is 5.09. The van der Waals surface area contributed by atoms with Crippen LogP contribution in [0.5, 0.6) is 0 Å². The van der Waals surface area contributed by atoms with Crippen LogP contribution in [0.2, 0.25) is 0 Å². The molecule has 170 valence electrons. The molecule has 1 N–H and O–H groups in total. The van der Waals surface area contributed by atoms with Crippen LogP contribution in [0.3, 0.4) is 0 Å². The molecular weight excluding hydrogens is 439 g/mol. The molecule has 1 atom stereocenters. The highest BCUT2D eigenvalue weighted by atomic mass is 32.1. The van der Waals surface area contributed by atoms with E-state index in [2.05, 4.69) is 25.4 Å². The Morgan fingerprint density at radius 1 is 1.19 bits per heavy atom. The number of aromatic nitrogens is 4. The summed E-state index contributed by atoms with van der Waals surface area (Å²) in [5.74, 6) is 0.739. The van der Waals surface area contributed by atoms with Gasteiger partial charge in [0.1, 0.15) is 24.9 Å². The number of rotatable bonds is 5. The Kier molecular flexibility index (Phi) is 5.70. The number of halogens is 3. The van der Waals surface area contributed by atoms with Gasteiger partial charge in [-0.05, 0) is 19.1 Å². The lowest BCUT2D eigenvalue weighted by Crippen LogP contribution is -2.39. The van der Waals surface area contributed by atoms with Gasteiger partial charge < -0.3 is 5.32 Å². The van der Waals surface area contributed by atoms with Crippen LogP contribution in [0.15, 0.2) is 41.3 Å². The first-order valence-electron chi connectivity index (χ1n) is 10.1. The number of anilines is 1. The third-order valence-corrected chi connectivity index (χ3v) is 5.79. The molecule has 0 radical (unpaired) electrons. The number of hydrogen-bond donors (Lipinski definition) is 1. The van der Waals surface area contributed by atoms with Crippen LogP contribution in [0.1, 0.15) is 32.9 Å². The number of imidazole rings is 1. The molecule has 0 saturated heterocycles. The Morgan fingerprint density at radius 3 is 2.56 bits per heavy atom. The van der Waals surface area contributed by atoms with E-state index < -0.39 is 18.9 Å². The van der Waals surface area contributed by atoms with E-state index in [1.165, 1.54) is 11.3 Å². The van der Waals surface area contributed by atoms with Crippen molar-refractivity contribution in [2.45, 2.75) is 46.5 Å². The summed E-state index contributed by atoms with van der Waals surface area (Å²) in [5.41, 5.74) is 2.84. The second-order valence-corrected chi connectivity index (χ2v) is 9.60. The molecule has 3 aromatic heterocycles. The minimum Gasteiger partial charge on any atom is -0.340 e. The van der Waals surface area contributed by atoms with Crippen molar-refractivity contribution < 1.29 is 13.2 Å². The zero-order valence-electron chi connectivity index (χ0n) is 18.2. The minimum atomic E-state index is -4.34. The lowest BCUT2D eigenvalue weighted by atomic mass is 9.88. The number of nitrogens with one attached hydrogen (secondary N) is 1. The number of thiazole rings is 1. The van der Waals surface area contributed by atoms with Gasteiger partial charge in [0.2, 0.25) is 0 Å². The molecule has 4 rings (SSSR count). The highest BCUT2D eigenvalue weighted by Crippen LogP contribution is 2.32. The molecule has 1 unspecified atom stereocenters. The first-order chi connectivity index (χ1) is 15.0. The van der Waals surface area contributed by atoms with Gasteiger partial charge in [-0.15, -0.1) is 11.3 Å². The Balaban J connectivity index is 1.48. The van der Waals surface area contributed by atoms with Crippen molar-refractivity contribution in [3.05, 3.63) is 41.9 Å². The number of pyridine rings is 1. The van der Waals surface area contributed by atoms with Crippen molar-refractivity contribution in [3.8, 4) is 17.1 Å². The molecule has 1 aliphatic heterocycles. The van der Waals surface area contributed by atoms with Gasteiger partial charge in [-0.25, -0.2) is 15.0 Å². The number of nitrogens with zero attached hydrogens (tertiary/aromatic N) is 6. The summed E-state index contributed by atoms with van der Waals surface area (Å²) in [7, 11) is 0. The molecule has 11 heteroatoms. The smallest absolute Gasteiger partial charge is 0.340 e. The standard InChI is InChI=1S/C21H24F3N7S/c1-13-9-30(12-26-13)17-6-5-14(8-25-17)15-10-32-19(27-15)28-18-7-16(20(2,3)4)29-31(18)11-21(22,23)24/h5-6,8-10,12,18H,7,11H2,1-4H3,(H,27,28). The Morgan fingerprint density at radius 2 is 1.97 bits per heavy atom. The van der Waals surface area contributed by atoms with E-state index >= 15 is 0 Å². The fraction of sp³-hybridized carbons (Fsp3) is 0.429. The predicted octanol–water partition coefficient (Wildman–Crippen LogP) is 5.11. The van der Waals surface area contributed by atoms with Crippen molar-refractivity contribution >= 4 is 22.2 Å². The Labute approximate surface area is 188 Å². The molecule has 7 nitrogen and oxygen atoms in total. The lowest BCUT2D eigenvalue weighted by molar-refractivity contribution is -0.148. The quantitative estimate of drug-likeness (QED) is 0.570. The van der Waals surface area contributed by atoms with Crippen LogP contribution < -0.4 is 5.32 Å². The molecule has 0 saturated carbocycles. The summed E-state index contributed by atoms with van der Waals surface area (Å²) in [4.78, 5) is 13.2. The molecule has 1 aliphatic rings. The van der Waals surface area contributed by atoms with E-state index in [0.717, 1.165) is 27.8 Å². The zero-order valence-corrected chi connectivity index (χ0v) is 19.0. The SMILES string of the molecule is Cc1cn(-c2ccc(-c3csc(NC4CC(C(C)(C)C)=NN4CC(F)(F)F)n3)cn2)cn1. The first kappa shape index (κ1) is 22.3. The number of alkyl halides is 3. The summed E-state index contributed by atoms with van der Waals surface area (Å²) in [6, 6.07) is 3.78. The average molecular weight is 464 g/mol. The van der Waals surface area contributed by atoms with Crippen LogP contribution in [0.4, 0.5) is 18.3 Å². The van der Waals surface area contributed by atoms with Gasteiger partial charge in [0.15, 0.2) is 5.13 Å². The molecule has 0 fully saturated rings. The normalized spacial score (nSPS) is 17.0. The second kappa shape index (κ2) is 8.19. The molecule has 4 heterocycles. The third-order valence-electron chi connectivity index (χ3n) is 5.02. The van der Waals surface area contributed by atoms with E-state index in [4.69, 9.17) is 0 Å². The molecule has 0 aromatic carbocycles. The molecule has 0 aliphatic carbocycles. The molecular formula is C21H24F3N7S. The highest BCUT2D eigenvalue weighted by Gasteiger charge is 2.39. The monoisotopic (exact) mass is 463 g/mol. The van der Waals surface area contributed by atoms with Crippen molar-refractivity contribution in [2.24, 2.45) is 10.5 Å². The van der Waals surface area contributed by atoms with Crippen molar-refractivity contribution in [1.82, 2.24) is 24.5 Å². The van der Waals surface area contributed by atoms with Gasteiger partial charge in [-0.2, -0.15) is 18.3 Å². The Hall–Kier alpha value is -2.95. The topological polar surface area (TPSA) is 71.2 Å². The fourth-order valence-electron chi connectivity index (χ4n) is 3.32.